The molecule has 1 aromatic heterocycles. The Bertz CT molecular complexity index is 690. The summed E-state index contributed by atoms with van der Waals surface area (Å²) in [5.74, 6) is 1.32. The predicted octanol–water partition coefficient (Wildman–Crippen LogP) is 2.31. The van der Waals surface area contributed by atoms with Gasteiger partial charge in [-0.05, 0) is 22.9 Å². The number of nitrogens with two attached hydrogens (primary N) is 1. The van der Waals surface area contributed by atoms with Crippen molar-refractivity contribution in [2.24, 2.45) is 5.73 Å². The molecule has 0 aliphatic carbocycles. The van der Waals surface area contributed by atoms with E-state index in [1.165, 1.54) is 16.3 Å². The molecule has 3 aromatic rings. The summed E-state index contributed by atoms with van der Waals surface area (Å²) >= 11 is 0. The van der Waals surface area contributed by atoms with Gasteiger partial charge in [-0.25, -0.2) is 0 Å². The minimum absolute atomic E-state index is 0.537. The first-order valence-corrected chi connectivity index (χ1v) is 6.34. The molecule has 0 bridgehead atoms. The van der Waals surface area contributed by atoms with E-state index >= 15 is 0 Å². The smallest absolute Gasteiger partial charge is 0.231 e. The second kappa shape index (κ2) is 5.20. The Balaban J connectivity index is 1.83. The number of nitrogens with zero attached hydrogens (tertiary/aromatic N) is 2. The second-order valence-electron chi connectivity index (χ2n) is 4.50. The first-order valence-electron chi connectivity index (χ1n) is 6.34. The van der Waals surface area contributed by atoms with Crippen molar-refractivity contribution >= 4 is 10.8 Å². The summed E-state index contributed by atoms with van der Waals surface area (Å²) in [7, 11) is 0. The lowest BCUT2D eigenvalue weighted by Gasteiger charge is -2.00. The standard InChI is InChI=1S/C15H15N3O/c16-8-7-14-17-15(19-18-14)10-11-5-6-12-3-1-2-4-13(12)9-11/h1-6,9H,7-8,10,16H2. The molecule has 0 aliphatic rings. The molecule has 0 amide bonds. The monoisotopic (exact) mass is 253 g/mol. The molecule has 4 heteroatoms. The van der Waals surface area contributed by atoms with Gasteiger partial charge in [0.15, 0.2) is 5.82 Å². The molecule has 19 heavy (non-hydrogen) atoms. The van der Waals surface area contributed by atoms with E-state index in [-0.39, 0.29) is 0 Å². The molecule has 4 nitrogen and oxygen atoms in total. The quantitative estimate of drug-likeness (QED) is 0.775. The van der Waals surface area contributed by atoms with Crippen molar-refractivity contribution < 1.29 is 4.52 Å². The zero-order valence-electron chi connectivity index (χ0n) is 10.5. The molecule has 2 N–H and O–H groups in total. The van der Waals surface area contributed by atoms with Crippen LogP contribution in [0.3, 0.4) is 0 Å². The van der Waals surface area contributed by atoms with Crippen LogP contribution in [0.2, 0.25) is 0 Å². The van der Waals surface area contributed by atoms with Gasteiger partial charge in [0.1, 0.15) is 0 Å². The largest absolute Gasteiger partial charge is 0.339 e. The highest BCUT2D eigenvalue weighted by molar-refractivity contribution is 5.83. The summed E-state index contributed by atoms with van der Waals surface area (Å²) < 4.78 is 5.22. The van der Waals surface area contributed by atoms with Crippen molar-refractivity contribution in [3.05, 3.63) is 59.7 Å². The summed E-state index contributed by atoms with van der Waals surface area (Å²) in [5, 5.41) is 6.36. The maximum absolute atomic E-state index is 5.46. The molecule has 0 unspecified atom stereocenters. The lowest BCUT2D eigenvalue weighted by atomic mass is 10.1. The first-order chi connectivity index (χ1) is 9.35. The molecule has 0 spiro atoms. The predicted molar refractivity (Wildman–Crippen MR) is 73.8 cm³/mol. The first kappa shape index (κ1) is 11.9. The number of rotatable bonds is 4. The lowest BCUT2D eigenvalue weighted by molar-refractivity contribution is 0.379. The van der Waals surface area contributed by atoms with E-state index in [1.54, 1.807) is 0 Å². The van der Waals surface area contributed by atoms with E-state index < -0.39 is 0 Å². The fraction of sp³-hybridized carbons (Fsp3) is 0.200. The summed E-state index contributed by atoms with van der Waals surface area (Å²) in [6.45, 7) is 0.537. The average Bonchev–Trinajstić information content (AvgIpc) is 2.86. The maximum atomic E-state index is 5.46. The summed E-state index contributed by atoms with van der Waals surface area (Å²) in [4.78, 5) is 4.32. The number of aromatic nitrogens is 2. The summed E-state index contributed by atoms with van der Waals surface area (Å²) in [6, 6.07) is 14.6. The molecule has 0 atom stereocenters. The molecule has 2 aromatic carbocycles. The van der Waals surface area contributed by atoms with Crippen LogP contribution in [0.15, 0.2) is 47.0 Å². The molecule has 0 saturated carbocycles. The molecule has 96 valence electrons. The van der Waals surface area contributed by atoms with Crippen LogP contribution in [0, 0.1) is 0 Å². The average molecular weight is 253 g/mol. The Kier molecular flexibility index (Phi) is 3.25. The van der Waals surface area contributed by atoms with Crippen LogP contribution in [0.1, 0.15) is 17.3 Å². The third-order valence-corrected chi connectivity index (χ3v) is 3.05. The van der Waals surface area contributed by atoms with Gasteiger partial charge in [0, 0.05) is 6.42 Å². The number of benzene rings is 2. The third kappa shape index (κ3) is 2.63. The molecular formula is C15H15N3O. The van der Waals surface area contributed by atoms with Gasteiger partial charge < -0.3 is 10.3 Å². The summed E-state index contributed by atoms with van der Waals surface area (Å²) in [6.07, 6.45) is 1.31. The van der Waals surface area contributed by atoms with Crippen LogP contribution >= 0.6 is 0 Å². The maximum Gasteiger partial charge on any atom is 0.231 e. The van der Waals surface area contributed by atoms with Crippen LogP contribution < -0.4 is 5.73 Å². The minimum Gasteiger partial charge on any atom is -0.339 e. The molecule has 0 radical (unpaired) electrons. The number of hydrogen-bond donors (Lipinski definition) is 1. The van der Waals surface area contributed by atoms with Crippen LogP contribution in [0.4, 0.5) is 0 Å². The van der Waals surface area contributed by atoms with Gasteiger partial charge in [-0.1, -0.05) is 47.6 Å². The number of fused-ring (bicyclic) bond motifs is 1. The van der Waals surface area contributed by atoms with Crippen molar-refractivity contribution in [3.63, 3.8) is 0 Å². The zero-order valence-corrected chi connectivity index (χ0v) is 10.5. The molecule has 0 aliphatic heterocycles. The van der Waals surface area contributed by atoms with Crippen LogP contribution in [-0.2, 0) is 12.8 Å². The van der Waals surface area contributed by atoms with E-state index in [1.807, 2.05) is 12.1 Å². The van der Waals surface area contributed by atoms with Gasteiger partial charge in [-0.3, -0.25) is 0 Å². The van der Waals surface area contributed by atoms with Gasteiger partial charge in [-0.15, -0.1) is 0 Å². The third-order valence-electron chi connectivity index (χ3n) is 3.05. The normalized spacial score (nSPS) is 11.0. The van der Waals surface area contributed by atoms with Gasteiger partial charge in [-0.2, -0.15) is 4.98 Å². The highest BCUT2D eigenvalue weighted by Crippen LogP contribution is 2.17. The van der Waals surface area contributed by atoms with E-state index in [2.05, 4.69) is 40.5 Å². The van der Waals surface area contributed by atoms with Crippen molar-refractivity contribution in [2.45, 2.75) is 12.8 Å². The van der Waals surface area contributed by atoms with Crippen LogP contribution in [0.5, 0.6) is 0 Å². The number of hydrogen-bond acceptors (Lipinski definition) is 4. The Morgan fingerprint density at radius 2 is 1.89 bits per heavy atom. The Hall–Kier alpha value is -2.20. The van der Waals surface area contributed by atoms with E-state index in [0.29, 0.717) is 31.1 Å². The topological polar surface area (TPSA) is 64.9 Å². The van der Waals surface area contributed by atoms with E-state index in [0.717, 1.165) is 0 Å². The molecular weight excluding hydrogens is 238 g/mol. The van der Waals surface area contributed by atoms with Gasteiger partial charge in [0.25, 0.3) is 0 Å². The second-order valence-corrected chi connectivity index (χ2v) is 4.50. The molecule has 1 heterocycles. The molecule has 3 rings (SSSR count). The zero-order chi connectivity index (χ0) is 13.1. The van der Waals surface area contributed by atoms with Crippen molar-refractivity contribution in [1.29, 1.82) is 0 Å². The van der Waals surface area contributed by atoms with Gasteiger partial charge >= 0.3 is 0 Å². The SMILES string of the molecule is NCCc1noc(Cc2ccc3ccccc3c2)n1. The van der Waals surface area contributed by atoms with Crippen LogP contribution in [0.25, 0.3) is 10.8 Å². The van der Waals surface area contributed by atoms with E-state index in [9.17, 15) is 0 Å². The fourth-order valence-corrected chi connectivity index (χ4v) is 2.12. The summed E-state index contributed by atoms with van der Waals surface area (Å²) in [5.41, 5.74) is 6.63. The van der Waals surface area contributed by atoms with E-state index in [4.69, 9.17) is 10.3 Å². The Labute approximate surface area is 111 Å². The highest BCUT2D eigenvalue weighted by Gasteiger charge is 2.06. The highest BCUT2D eigenvalue weighted by atomic mass is 16.5. The minimum atomic E-state index is 0.537. The van der Waals surface area contributed by atoms with Gasteiger partial charge in [0.2, 0.25) is 5.89 Å². The Morgan fingerprint density at radius 3 is 2.74 bits per heavy atom. The van der Waals surface area contributed by atoms with Crippen molar-refractivity contribution in [2.75, 3.05) is 6.54 Å². The fourth-order valence-electron chi connectivity index (χ4n) is 2.12. The van der Waals surface area contributed by atoms with Crippen LogP contribution in [-0.4, -0.2) is 16.7 Å². The molecule has 0 fully saturated rings. The Morgan fingerprint density at radius 1 is 1.05 bits per heavy atom. The lowest BCUT2D eigenvalue weighted by Crippen LogP contribution is -2.04. The molecule has 0 saturated heterocycles. The van der Waals surface area contributed by atoms with Crippen molar-refractivity contribution in [3.8, 4) is 0 Å². The van der Waals surface area contributed by atoms with Gasteiger partial charge in [0.05, 0.1) is 6.42 Å². The van der Waals surface area contributed by atoms with Crippen molar-refractivity contribution in [1.82, 2.24) is 10.1 Å².